The average molecular weight is 386 g/mol. The van der Waals surface area contributed by atoms with Gasteiger partial charge in [-0.2, -0.15) is 0 Å². The van der Waals surface area contributed by atoms with Gasteiger partial charge in [-0.3, -0.25) is 14.5 Å². The number of urea groups is 1. The Morgan fingerprint density at radius 3 is 2.64 bits per heavy atom. The molecule has 0 aliphatic carbocycles. The number of carbonyl (C=O) groups is 3. The van der Waals surface area contributed by atoms with E-state index < -0.39 is 23.4 Å². The number of nitrogens with zero attached hydrogens (tertiary/aromatic N) is 1. The van der Waals surface area contributed by atoms with E-state index in [1.807, 2.05) is 13.8 Å². The summed E-state index contributed by atoms with van der Waals surface area (Å²) >= 11 is 11.9. The molecule has 0 spiro atoms. The summed E-state index contributed by atoms with van der Waals surface area (Å²) in [5, 5.41) is 5.98. The van der Waals surface area contributed by atoms with Gasteiger partial charge in [0.15, 0.2) is 0 Å². The fourth-order valence-corrected chi connectivity index (χ4v) is 2.90. The maximum Gasteiger partial charge on any atom is 0.325 e. The molecule has 1 aromatic carbocycles. The van der Waals surface area contributed by atoms with E-state index in [9.17, 15) is 14.4 Å². The molecule has 2 rings (SSSR count). The second kappa shape index (κ2) is 7.62. The van der Waals surface area contributed by atoms with Gasteiger partial charge in [-0.25, -0.2) is 4.79 Å². The Hall–Kier alpha value is -1.79. The quantitative estimate of drug-likeness (QED) is 0.733. The van der Waals surface area contributed by atoms with Gasteiger partial charge in [0, 0.05) is 5.02 Å². The zero-order valence-corrected chi connectivity index (χ0v) is 15.9. The molecule has 6 nitrogen and oxygen atoms in total. The van der Waals surface area contributed by atoms with Crippen LogP contribution in [0.5, 0.6) is 0 Å². The van der Waals surface area contributed by atoms with Crippen molar-refractivity contribution in [2.24, 2.45) is 5.92 Å². The molecule has 0 bridgehead atoms. The van der Waals surface area contributed by atoms with Crippen LogP contribution in [-0.2, 0) is 9.59 Å². The summed E-state index contributed by atoms with van der Waals surface area (Å²) in [6.45, 7) is 5.39. The topological polar surface area (TPSA) is 78.5 Å². The fraction of sp³-hybridized carbons (Fsp3) is 0.471. The first-order valence-corrected chi connectivity index (χ1v) is 8.77. The minimum Gasteiger partial charge on any atom is -0.323 e. The lowest BCUT2D eigenvalue weighted by Crippen LogP contribution is -2.44. The molecular weight excluding hydrogens is 365 g/mol. The van der Waals surface area contributed by atoms with Crippen LogP contribution in [0.3, 0.4) is 0 Å². The third kappa shape index (κ3) is 4.64. The standard InChI is InChI=1S/C17H21Cl2N3O3/c1-10(2)6-7-17(3)15(24)22(16(25)21-17)9-14(23)20-13-8-11(18)4-5-12(13)19/h4-5,8,10H,6-7,9H2,1-3H3,(H,20,23)(H,21,25)/t17-/m1/s1. The predicted octanol–water partition coefficient (Wildman–Crippen LogP) is 3.68. The lowest BCUT2D eigenvalue weighted by molar-refractivity contribution is -0.133. The summed E-state index contributed by atoms with van der Waals surface area (Å²) in [4.78, 5) is 37.8. The van der Waals surface area contributed by atoms with E-state index in [1.165, 1.54) is 6.07 Å². The van der Waals surface area contributed by atoms with Crippen molar-refractivity contribution < 1.29 is 14.4 Å². The first kappa shape index (κ1) is 19.5. The Morgan fingerprint density at radius 1 is 1.32 bits per heavy atom. The molecule has 4 amide bonds. The number of benzene rings is 1. The van der Waals surface area contributed by atoms with Gasteiger partial charge in [0.1, 0.15) is 12.1 Å². The van der Waals surface area contributed by atoms with Crippen molar-refractivity contribution >= 4 is 46.7 Å². The molecule has 8 heteroatoms. The molecule has 2 N–H and O–H groups in total. The SMILES string of the molecule is CC(C)CC[C@@]1(C)NC(=O)N(CC(=O)Nc2cc(Cl)ccc2Cl)C1=O. The van der Waals surface area contributed by atoms with E-state index in [-0.39, 0.29) is 6.54 Å². The van der Waals surface area contributed by atoms with Gasteiger partial charge in [-0.1, -0.05) is 37.0 Å². The van der Waals surface area contributed by atoms with Crippen LogP contribution in [0.2, 0.25) is 10.0 Å². The second-order valence-electron chi connectivity index (χ2n) is 6.76. The van der Waals surface area contributed by atoms with Crippen LogP contribution in [0.4, 0.5) is 10.5 Å². The van der Waals surface area contributed by atoms with E-state index >= 15 is 0 Å². The lowest BCUT2D eigenvalue weighted by Gasteiger charge is -2.22. The molecule has 1 atom stereocenters. The second-order valence-corrected chi connectivity index (χ2v) is 7.60. The number of halogens is 2. The Kier molecular flexibility index (Phi) is 5.95. The van der Waals surface area contributed by atoms with Gasteiger partial charge in [0.25, 0.3) is 5.91 Å². The smallest absolute Gasteiger partial charge is 0.323 e. The summed E-state index contributed by atoms with van der Waals surface area (Å²) in [5.74, 6) is -0.518. The number of rotatable bonds is 6. The molecule has 1 heterocycles. The van der Waals surface area contributed by atoms with Crippen LogP contribution in [0.25, 0.3) is 0 Å². The van der Waals surface area contributed by atoms with Crippen molar-refractivity contribution in [2.45, 2.75) is 39.2 Å². The number of hydrogen-bond acceptors (Lipinski definition) is 3. The van der Waals surface area contributed by atoms with Gasteiger partial charge < -0.3 is 10.6 Å². The van der Waals surface area contributed by atoms with Crippen molar-refractivity contribution in [3.05, 3.63) is 28.2 Å². The summed E-state index contributed by atoms with van der Waals surface area (Å²) in [5.41, 5.74) is -0.649. The van der Waals surface area contributed by atoms with Crippen LogP contribution >= 0.6 is 23.2 Å². The minimum absolute atomic E-state index is 0.316. The third-order valence-corrected chi connectivity index (χ3v) is 4.64. The monoisotopic (exact) mass is 385 g/mol. The first-order valence-electron chi connectivity index (χ1n) is 8.01. The number of imide groups is 1. The number of hydrogen-bond donors (Lipinski definition) is 2. The van der Waals surface area contributed by atoms with Crippen LogP contribution in [0.15, 0.2) is 18.2 Å². The highest BCUT2D eigenvalue weighted by molar-refractivity contribution is 6.35. The molecule has 1 aliphatic rings. The van der Waals surface area contributed by atoms with Crippen molar-refractivity contribution in [1.82, 2.24) is 10.2 Å². The van der Waals surface area contributed by atoms with E-state index in [2.05, 4.69) is 10.6 Å². The third-order valence-electron chi connectivity index (χ3n) is 4.07. The molecular formula is C17H21Cl2N3O3. The van der Waals surface area contributed by atoms with Crippen molar-refractivity contribution in [2.75, 3.05) is 11.9 Å². The predicted molar refractivity (Wildman–Crippen MR) is 97.8 cm³/mol. The zero-order valence-electron chi connectivity index (χ0n) is 14.4. The number of carbonyl (C=O) groups excluding carboxylic acids is 3. The molecule has 0 aromatic heterocycles. The normalized spacial score (nSPS) is 20.2. The molecule has 1 saturated heterocycles. The van der Waals surface area contributed by atoms with Crippen molar-refractivity contribution in [1.29, 1.82) is 0 Å². The Morgan fingerprint density at radius 2 is 2.00 bits per heavy atom. The highest BCUT2D eigenvalue weighted by atomic mass is 35.5. The minimum atomic E-state index is -0.977. The maximum atomic E-state index is 12.6. The Labute approximate surface area is 156 Å². The molecule has 1 aromatic rings. The molecule has 0 saturated carbocycles. The van der Waals surface area contributed by atoms with Gasteiger partial charge in [-0.05, 0) is 43.9 Å². The number of anilines is 1. The molecule has 1 fully saturated rings. The summed E-state index contributed by atoms with van der Waals surface area (Å²) in [6, 6.07) is 4.08. The maximum absolute atomic E-state index is 12.6. The van der Waals surface area contributed by atoms with Gasteiger partial charge in [0.2, 0.25) is 5.91 Å². The van der Waals surface area contributed by atoms with E-state index in [0.717, 1.165) is 11.3 Å². The zero-order chi connectivity index (χ0) is 18.8. The Bertz CT molecular complexity index is 708. The molecule has 25 heavy (non-hydrogen) atoms. The van der Waals surface area contributed by atoms with Crippen LogP contribution in [0, 0.1) is 5.92 Å². The van der Waals surface area contributed by atoms with Gasteiger partial charge in [-0.15, -0.1) is 0 Å². The summed E-state index contributed by atoms with van der Waals surface area (Å²) < 4.78 is 0. The Balaban J connectivity index is 2.04. The fourth-order valence-electron chi connectivity index (χ4n) is 2.56. The highest BCUT2D eigenvalue weighted by Crippen LogP contribution is 2.27. The molecule has 0 radical (unpaired) electrons. The molecule has 0 unspecified atom stereocenters. The largest absolute Gasteiger partial charge is 0.325 e. The van der Waals surface area contributed by atoms with E-state index in [0.29, 0.717) is 28.1 Å². The highest BCUT2D eigenvalue weighted by Gasteiger charge is 2.47. The molecule has 1 aliphatic heterocycles. The number of nitrogens with one attached hydrogen (secondary N) is 2. The number of amides is 4. The van der Waals surface area contributed by atoms with E-state index in [4.69, 9.17) is 23.2 Å². The van der Waals surface area contributed by atoms with Crippen molar-refractivity contribution in [3.63, 3.8) is 0 Å². The van der Waals surface area contributed by atoms with Crippen LogP contribution < -0.4 is 10.6 Å². The first-order chi connectivity index (χ1) is 11.6. The van der Waals surface area contributed by atoms with Gasteiger partial charge >= 0.3 is 6.03 Å². The van der Waals surface area contributed by atoms with Crippen LogP contribution in [-0.4, -0.2) is 34.8 Å². The molecule has 136 valence electrons. The van der Waals surface area contributed by atoms with Gasteiger partial charge in [0.05, 0.1) is 10.7 Å². The summed E-state index contributed by atoms with van der Waals surface area (Å²) in [7, 11) is 0. The van der Waals surface area contributed by atoms with Crippen LogP contribution in [0.1, 0.15) is 33.6 Å². The van der Waals surface area contributed by atoms with Crippen molar-refractivity contribution in [3.8, 4) is 0 Å². The summed E-state index contributed by atoms with van der Waals surface area (Å²) in [6.07, 6.45) is 1.31. The lowest BCUT2D eigenvalue weighted by atomic mass is 9.92. The average Bonchev–Trinajstić information content (AvgIpc) is 2.73. The van der Waals surface area contributed by atoms with E-state index in [1.54, 1.807) is 19.1 Å².